The van der Waals surface area contributed by atoms with E-state index in [4.69, 9.17) is 5.73 Å². The van der Waals surface area contributed by atoms with Gasteiger partial charge in [-0.2, -0.15) is 0 Å². The van der Waals surface area contributed by atoms with E-state index < -0.39 is 23.1 Å². The average molecular weight is 268 g/mol. The number of halogens is 2. The van der Waals surface area contributed by atoms with Crippen molar-refractivity contribution in [1.82, 2.24) is 5.32 Å². The molecular weight excluding hydrogens is 250 g/mol. The molecule has 1 aliphatic carbocycles. The standard InChI is InChI=1S/C14H18F2N2O/c1-8-5-6-10(15)12(13(8)16)14(19)18-11-4-2-3-9(11)7-17/h5-6,9,11H,2-4,7,17H2,1H3,(H,18,19). The number of aryl methyl sites for hydroxylation is 1. The summed E-state index contributed by atoms with van der Waals surface area (Å²) in [7, 11) is 0. The van der Waals surface area contributed by atoms with Gasteiger partial charge in [-0.1, -0.05) is 12.5 Å². The summed E-state index contributed by atoms with van der Waals surface area (Å²) >= 11 is 0. The second-order valence-corrected chi connectivity index (χ2v) is 5.06. The van der Waals surface area contributed by atoms with Crippen LogP contribution in [0.3, 0.4) is 0 Å². The molecule has 0 spiro atoms. The van der Waals surface area contributed by atoms with Crippen LogP contribution in [-0.2, 0) is 0 Å². The molecule has 1 aromatic rings. The molecule has 3 nitrogen and oxygen atoms in total. The maximum atomic E-state index is 13.8. The molecule has 19 heavy (non-hydrogen) atoms. The van der Waals surface area contributed by atoms with Crippen LogP contribution in [0.2, 0.25) is 0 Å². The van der Waals surface area contributed by atoms with Crippen LogP contribution in [0.1, 0.15) is 35.2 Å². The molecule has 0 bridgehead atoms. The quantitative estimate of drug-likeness (QED) is 0.882. The van der Waals surface area contributed by atoms with Crippen LogP contribution in [0, 0.1) is 24.5 Å². The van der Waals surface area contributed by atoms with E-state index in [0.29, 0.717) is 6.54 Å². The zero-order chi connectivity index (χ0) is 14.0. The molecule has 1 fully saturated rings. The number of amides is 1. The second kappa shape index (κ2) is 5.65. The normalized spacial score (nSPS) is 22.5. The van der Waals surface area contributed by atoms with E-state index in [1.807, 2.05) is 0 Å². The van der Waals surface area contributed by atoms with Crippen LogP contribution in [-0.4, -0.2) is 18.5 Å². The summed E-state index contributed by atoms with van der Waals surface area (Å²) in [4.78, 5) is 12.0. The van der Waals surface area contributed by atoms with Gasteiger partial charge in [0.05, 0.1) is 0 Å². The number of benzene rings is 1. The summed E-state index contributed by atoms with van der Waals surface area (Å²) < 4.78 is 27.4. The van der Waals surface area contributed by atoms with Gasteiger partial charge in [0.25, 0.3) is 5.91 Å². The van der Waals surface area contributed by atoms with Crippen molar-refractivity contribution < 1.29 is 13.6 Å². The fourth-order valence-electron chi connectivity index (χ4n) is 2.61. The molecule has 1 aromatic carbocycles. The summed E-state index contributed by atoms with van der Waals surface area (Å²) in [6.07, 6.45) is 2.73. The Labute approximate surface area is 111 Å². The molecule has 0 radical (unpaired) electrons. The minimum atomic E-state index is -0.831. The van der Waals surface area contributed by atoms with Crippen LogP contribution < -0.4 is 11.1 Å². The molecule has 0 aromatic heterocycles. The zero-order valence-corrected chi connectivity index (χ0v) is 10.9. The minimum absolute atomic E-state index is 0.0863. The topological polar surface area (TPSA) is 55.1 Å². The Balaban J connectivity index is 2.19. The third kappa shape index (κ3) is 2.76. The molecule has 1 amide bonds. The van der Waals surface area contributed by atoms with Gasteiger partial charge in [-0.15, -0.1) is 0 Å². The van der Waals surface area contributed by atoms with E-state index in [9.17, 15) is 13.6 Å². The molecule has 0 saturated heterocycles. The van der Waals surface area contributed by atoms with Crippen LogP contribution in [0.4, 0.5) is 8.78 Å². The molecule has 3 N–H and O–H groups in total. The SMILES string of the molecule is Cc1ccc(F)c(C(=O)NC2CCCC2CN)c1F. The molecule has 5 heteroatoms. The van der Waals surface area contributed by atoms with E-state index in [-0.39, 0.29) is 17.5 Å². The Hall–Kier alpha value is -1.49. The lowest BCUT2D eigenvalue weighted by Gasteiger charge is -2.20. The minimum Gasteiger partial charge on any atom is -0.349 e. The number of hydrogen-bond acceptors (Lipinski definition) is 2. The predicted molar refractivity (Wildman–Crippen MR) is 68.7 cm³/mol. The fourth-order valence-corrected chi connectivity index (χ4v) is 2.61. The smallest absolute Gasteiger partial charge is 0.257 e. The monoisotopic (exact) mass is 268 g/mol. The Bertz CT molecular complexity index is 491. The van der Waals surface area contributed by atoms with Gasteiger partial charge in [-0.25, -0.2) is 8.78 Å². The molecule has 0 aliphatic heterocycles. The maximum Gasteiger partial charge on any atom is 0.257 e. The number of nitrogens with two attached hydrogens (primary N) is 1. The lowest BCUT2D eigenvalue weighted by atomic mass is 10.0. The van der Waals surface area contributed by atoms with E-state index in [0.717, 1.165) is 25.3 Å². The molecule has 0 heterocycles. The Morgan fingerprint density at radius 3 is 2.84 bits per heavy atom. The summed E-state index contributed by atoms with van der Waals surface area (Å²) in [5, 5.41) is 2.71. The van der Waals surface area contributed by atoms with Crippen LogP contribution in [0.15, 0.2) is 12.1 Å². The number of carbonyl (C=O) groups excluding carboxylic acids is 1. The first-order valence-corrected chi connectivity index (χ1v) is 6.50. The van der Waals surface area contributed by atoms with Gasteiger partial charge in [0.1, 0.15) is 17.2 Å². The van der Waals surface area contributed by atoms with Gasteiger partial charge in [-0.3, -0.25) is 4.79 Å². The van der Waals surface area contributed by atoms with Crippen molar-refractivity contribution >= 4 is 5.91 Å². The van der Waals surface area contributed by atoms with Crippen molar-refractivity contribution in [3.63, 3.8) is 0 Å². The molecule has 104 valence electrons. The lowest BCUT2D eigenvalue weighted by molar-refractivity contribution is 0.0920. The van der Waals surface area contributed by atoms with E-state index in [1.165, 1.54) is 13.0 Å². The molecule has 1 aliphatic rings. The maximum absolute atomic E-state index is 13.8. The third-order valence-corrected chi connectivity index (χ3v) is 3.79. The Morgan fingerprint density at radius 2 is 2.16 bits per heavy atom. The number of hydrogen-bond donors (Lipinski definition) is 2. The Morgan fingerprint density at radius 1 is 1.42 bits per heavy atom. The van der Waals surface area contributed by atoms with Gasteiger partial charge >= 0.3 is 0 Å². The first-order valence-electron chi connectivity index (χ1n) is 6.50. The molecule has 2 atom stereocenters. The predicted octanol–water partition coefficient (Wildman–Crippen LogP) is 2.13. The highest BCUT2D eigenvalue weighted by molar-refractivity contribution is 5.95. The van der Waals surface area contributed by atoms with Crippen molar-refractivity contribution in [2.75, 3.05) is 6.54 Å². The van der Waals surface area contributed by atoms with Crippen molar-refractivity contribution in [1.29, 1.82) is 0 Å². The summed E-state index contributed by atoms with van der Waals surface area (Å²) in [5.74, 6) is -2.12. The van der Waals surface area contributed by atoms with Crippen molar-refractivity contribution in [3.8, 4) is 0 Å². The number of carbonyl (C=O) groups is 1. The van der Waals surface area contributed by atoms with Crippen LogP contribution in [0.25, 0.3) is 0 Å². The third-order valence-electron chi connectivity index (χ3n) is 3.79. The van der Waals surface area contributed by atoms with Crippen LogP contribution >= 0.6 is 0 Å². The van der Waals surface area contributed by atoms with Crippen molar-refractivity contribution in [2.45, 2.75) is 32.2 Å². The highest BCUT2D eigenvalue weighted by Gasteiger charge is 2.29. The summed E-state index contributed by atoms with van der Waals surface area (Å²) in [5.41, 5.74) is 5.38. The van der Waals surface area contributed by atoms with Crippen molar-refractivity contribution in [2.24, 2.45) is 11.7 Å². The number of rotatable bonds is 3. The highest BCUT2D eigenvalue weighted by atomic mass is 19.1. The van der Waals surface area contributed by atoms with Crippen molar-refractivity contribution in [3.05, 3.63) is 34.9 Å². The second-order valence-electron chi connectivity index (χ2n) is 5.06. The number of nitrogens with one attached hydrogen (secondary N) is 1. The van der Waals surface area contributed by atoms with E-state index in [2.05, 4.69) is 5.32 Å². The summed E-state index contributed by atoms with van der Waals surface area (Å²) in [6.45, 7) is 1.98. The molecular formula is C14H18F2N2O. The van der Waals surface area contributed by atoms with Gasteiger partial charge < -0.3 is 11.1 Å². The lowest BCUT2D eigenvalue weighted by Crippen LogP contribution is -2.40. The van der Waals surface area contributed by atoms with E-state index in [1.54, 1.807) is 0 Å². The molecule has 2 rings (SSSR count). The molecule has 2 unspecified atom stereocenters. The molecule has 1 saturated carbocycles. The average Bonchev–Trinajstić information content (AvgIpc) is 2.81. The largest absolute Gasteiger partial charge is 0.349 e. The van der Waals surface area contributed by atoms with Gasteiger partial charge in [0.15, 0.2) is 0 Å². The first kappa shape index (κ1) is 13.9. The zero-order valence-electron chi connectivity index (χ0n) is 10.9. The Kier molecular flexibility index (Phi) is 4.14. The van der Waals surface area contributed by atoms with Gasteiger partial charge in [0.2, 0.25) is 0 Å². The van der Waals surface area contributed by atoms with Gasteiger partial charge in [0, 0.05) is 6.04 Å². The highest BCUT2D eigenvalue weighted by Crippen LogP contribution is 2.25. The van der Waals surface area contributed by atoms with E-state index >= 15 is 0 Å². The summed E-state index contributed by atoms with van der Waals surface area (Å²) in [6, 6.07) is 2.35. The van der Waals surface area contributed by atoms with Crippen LogP contribution in [0.5, 0.6) is 0 Å². The first-order chi connectivity index (χ1) is 9.04. The fraction of sp³-hybridized carbons (Fsp3) is 0.500. The van der Waals surface area contributed by atoms with Gasteiger partial charge in [-0.05, 0) is 43.9 Å².